The summed E-state index contributed by atoms with van der Waals surface area (Å²) in [6.45, 7) is 8.05. The molecule has 0 aliphatic carbocycles. The molecule has 0 atom stereocenters. The zero-order valence-electron chi connectivity index (χ0n) is 11.9. The van der Waals surface area contributed by atoms with Gasteiger partial charge >= 0.3 is 0 Å². The van der Waals surface area contributed by atoms with Gasteiger partial charge in [0.15, 0.2) is 0 Å². The molecule has 3 heteroatoms. The van der Waals surface area contributed by atoms with Crippen molar-refractivity contribution in [1.82, 2.24) is 10.3 Å². The lowest BCUT2D eigenvalue weighted by atomic mass is 10.2. The summed E-state index contributed by atoms with van der Waals surface area (Å²) in [5, 5.41) is 3.35. The molecule has 0 saturated carbocycles. The first-order chi connectivity index (χ1) is 8.72. The number of nitrogens with zero attached hydrogens (tertiary/aromatic N) is 1. The summed E-state index contributed by atoms with van der Waals surface area (Å²) < 4.78 is 5.66. The second-order valence-electron chi connectivity index (χ2n) is 4.91. The van der Waals surface area contributed by atoms with Crippen molar-refractivity contribution in [3.05, 3.63) is 23.9 Å². The average Bonchev–Trinajstić information content (AvgIpc) is 2.37. The zero-order chi connectivity index (χ0) is 13.2. The Balaban J connectivity index is 2.30. The molecule has 0 amide bonds. The van der Waals surface area contributed by atoms with Crippen molar-refractivity contribution in [3.8, 4) is 5.88 Å². The molecule has 0 fully saturated rings. The van der Waals surface area contributed by atoms with Crippen LogP contribution >= 0.6 is 0 Å². The van der Waals surface area contributed by atoms with E-state index in [1.807, 2.05) is 18.2 Å². The van der Waals surface area contributed by atoms with Crippen LogP contribution in [0, 0.1) is 0 Å². The van der Waals surface area contributed by atoms with Gasteiger partial charge in [-0.25, -0.2) is 4.98 Å². The lowest BCUT2D eigenvalue weighted by Crippen LogP contribution is -2.22. The molecule has 0 aliphatic rings. The minimum absolute atomic E-state index is 0.477. The molecule has 0 unspecified atom stereocenters. The van der Waals surface area contributed by atoms with E-state index in [-0.39, 0.29) is 0 Å². The first-order valence-electron chi connectivity index (χ1n) is 7.04. The molecule has 18 heavy (non-hydrogen) atoms. The van der Waals surface area contributed by atoms with E-state index in [9.17, 15) is 0 Å². The van der Waals surface area contributed by atoms with Gasteiger partial charge in [-0.15, -0.1) is 0 Å². The number of rotatable bonds is 9. The number of pyridine rings is 1. The Morgan fingerprint density at radius 2 is 2.06 bits per heavy atom. The maximum Gasteiger partial charge on any atom is 0.213 e. The third-order valence-corrected chi connectivity index (χ3v) is 2.72. The summed E-state index contributed by atoms with van der Waals surface area (Å²) in [6, 6.07) is 6.44. The van der Waals surface area contributed by atoms with Crippen LogP contribution in [0.15, 0.2) is 18.2 Å². The van der Waals surface area contributed by atoms with Gasteiger partial charge in [0, 0.05) is 18.7 Å². The molecule has 0 aromatic carbocycles. The Morgan fingerprint density at radius 1 is 1.22 bits per heavy atom. The molecular weight excluding hydrogens is 224 g/mol. The van der Waals surface area contributed by atoms with Gasteiger partial charge in [0.2, 0.25) is 5.88 Å². The molecule has 1 N–H and O–H groups in total. The predicted molar refractivity (Wildman–Crippen MR) is 75.8 cm³/mol. The van der Waals surface area contributed by atoms with E-state index in [0.717, 1.165) is 31.1 Å². The summed E-state index contributed by atoms with van der Waals surface area (Å²) in [7, 11) is 0. The van der Waals surface area contributed by atoms with Gasteiger partial charge in [-0.05, 0) is 12.5 Å². The van der Waals surface area contributed by atoms with Crippen LogP contribution in [-0.4, -0.2) is 17.6 Å². The SMILES string of the molecule is CCCCCCOc1cccc(CNC(C)C)n1. The van der Waals surface area contributed by atoms with E-state index >= 15 is 0 Å². The van der Waals surface area contributed by atoms with Crippen LogP contribution < -0.4 is 10.1 Å². The lowest BCUT2D eigenvalue weighted by molar-refractivity contribution is 0.293. The first kappa shape index (κ1) is 15.0. The third-order valence-electron chi connectivity index (χ3n) is 2.72. The smallest absolute Gasteiger partial charge is 0.213 e. The molecule has 102 valence electrons. The van der Waals surface area contributed by atoms with Crippen LogP contribution in [0.4, 0.5) is 0 Å². The van der Waals surface area contributed by atoms with E-state index < -0.39 is 0 Å². The highest BCUT2D eigenvalue weighted by atomic mass is 16.5. The molecule has 1 heterocycles. The largest absolute Gasteiger partial charge is 0.478 e. The number of hydrogen-bond donors (Lipinski definition) is 1. The predicted octanol–water partition coefficient (Wildman–Crippen LogP) is 3.54. The van der Waals surface area contributed by atoms with Crippen LogP contribution in [-0.2, 0) is 6.54 Å². The van der Waals surface area contributed by atoms with Crippen LogP contribution in [0.25, 0.3) is 0 Å². The summed E-state index contributed by atoms with van der Waals surface area (Å²) in [5.41, 5.74) is 1.04. The highest BCUT2D eigenvalue weighted by Crippen LogP contribution is 2.09. The minimum Gasteiger partial charge on any atom is -0.478 e. The van der Waals surface area contributed by atoms with Crippen molar-refractivity contribution < 1.29 is 4.74 Å². The molecule has 0 saturated heterocycles. The van der Waals surface area contributed by atoms with Crippen LogP contribution in [0.5, 0.6) is 5.88 Å². The molecule has 3 nitrogen and oxygen atoms in total. The molecule has 1 aromatic heterocycles. The summed E-state index contributed by atoms with van der Waals surface area (Å²) >= 11 is 0. The number of unbranched alkanes of at least 4 members (excludes halogenated alkanes) is 3. The van der Waals surface area contributed by atoms with Crippen molar-refractivity contribution in [2.45, 2.75) is 59.0 Å². The van der Waals surface area contributed by atoms with E-state index in [0.29, 0.717) is 6.04 Å². The minimum atomic E-state index is 0.477. The standard InChI is InChI=1S/C15H26N2O/c1-4-5-6-7-11-18-15-10-8-9-14(17-15)12-16-13(2)3/h8-10,13,16H,4-7,11-12H2,1-3H3. The van der Waals surface area contributed by atoms with Gasteiger partial charge in [-0.1, -0.05) is 46.1 Å². The molecule has 1 aromatic rings. The van der Waals surface area contributed by atoms with E-state index in [1.54, 1.807) is 0 Å². The Labute approximate surface area is 111 Å². The quantitative estimate of drug-likeness (QED) is 0.681. The number of ether oxygens (including phenoxy) is 1. The fourth-order valence-corrected chi connectivity index (χ4v) is 1.65. The molecular formula is C15H26N2O. The molecule has 0 bridgehead atoms. The van der Waals surface area contributed by atoms with Crippen molar-refractivity contribution in [1.29, 1.82) is 0 Å². The van der Waals surface area contributed by atoms with Gasteiger partial charge in [-0.2, -0.15) is 0 Å². The van der Waals surface area contributed by atoms with Crippen molar-refractivity contribution >= 4 is 0 Å². The van der Waals surface area contributed by atoms with Crippen LogP contribution in [0.3, 0.4) is 0 Å². The van der Waals surface area contributed by atoms with Gasteiger partial charge < -0.3 is 10.1 Å². The molecule has 0 spiro atoms. The highest BCUT2D eigenvalue weighted by molar-refractivity contribution is 5.15. The van der Waals surface area contributed by atoms with Crippen LogP contribution in [0.2, 0.25) is 0 Å². The van der Waals surface area contributed by atoms with Gasteiger partial charge in [-0.3, -0.25) is 0 Å². The monoisotopic (exact) mass is 250 g/mol. The Morgan fingerprint density at radius 3 is 2.78 bits per heavy atom. The van der Waals surface area contributed by atoms with Gasteiger partial charge in [0.1, 0.15) is 0 Å². The average molecular weight is 250 g/mol. The van der Waals surface area contributed by atoms with Crippen molar-refractivity contribution in [2.24, 2.45) is 0 Å². The van der Waals surface area contributed by atoms with Crippen LogP contribution in [0.1, 0.15) is 52.1 Å². The summed E-state index contributed by atoms with van der Waals surface area (Å²) in [5.74, 6) is 0.745. The normalized spacial score (nSPS) is 10.9. The second kappa shape index (κ2) is 8.92. The molecule has 1 rings (SSSR count). The van der Waals surface area contributed by atoms with E-state index in [4.69, 9.17) is 4.74 Å². The Bertz CT molecular complexity index is 326. The highest BCUT2D eigenvalue weighted by Gasteiger charge is 2.00. The third kappa shape index (κ3) is 6.60. The number of hydrogen-bond acceptors (Lipinski definition) is 3. The summed E-state index contributed by atoms with van der Waals surface area (Å²) in [6.07, 6.45) is 4.90. The number of aromatic nitrogens is 1. The number of nitrogens with one attached hydrogen (secondary N) is 1. The molecule has 0 aliphatic heterocycles. The maximum atomic E-state index is 5.66. The Hall–Kier alpha value is -1.09. The second-order valence-corrected chi connectivity index (χ2v) is 4.91. The lowest BCUT2D eigenvalue weighted by Gasteiger charge is -2.09. The van der Waals surface area contributed by atoms with Crippen molar-refractivity contribution in [2.75, 3.05) is 6.61 Å². The Kier molecular flexibility index (Phi) is 7.42. The van der Waals surface area contributed by atoms with Gasteiger partial charge in [0.05, 0.1) is 12.3 Å². The zero-order valence-corrected chi connectivity index (χ0v) is 11.9. The first-order valence-corrected chi connectivity index (χ1v) is 7.04. The van der Waals surface area contributed by atoms with Gasteiger partial charge in [0.25, 0.3) is 0 Å². The fraction of sp³-hybridized carbons (Fsp3) is 0.667. The summed E-state index contributed by atoms with van der Waals surface area (Å²) in [4.78, 5) is 4.48. The van der Waals surface area contributed by atoms with Crippen molar-refractivity contribution in [3.63, 3.8) is 0 Å². The van der Waals surface area contributed by atoms with E-state index in [2.05, 4.69) is 31.1 Å². The van der Waals surface area contributed by atoms with E-state index in [1.165, 1.54) is 19.3 Å². The maximum absolute atomic E-state index is 5.66. The molecule has 0 radical (unpaired) electrons. The fourth-order valence-electron chi connectivity index (χ4n) is 1.65. The topological polar surface area (TPSA) is 34.1 Å².